The third-order valence-electron chi connectivity index (χ3n) is 2.21. The van der Waals surface area contributed by atoms with E-state index in [4.69, 9.17) is 0 Å². The van der Waals surface area contributed by atoms with Crippen LogP contribution in [-0.4, -0.2) is 19.0 Å². The van der Waals surface area contributed by atoms with E-state index in [0.29, 0.717) is 0 Å². The molecule has 0 aliphatic rings. The van der Waals surface area contributed by atoms with Crippen molar-refractivity contribution in [3.63, 3.8) is 0 Å². The lowest BCUT2D eigenvalue weighted by Gasteiger charge is -2.12. The van der Waals surface area contributed by atoms with Crippen LogP contribution in [-0.2, 0) is 4.79 Å². The largest absolute Gasteiger partial charge is 0.324 e. The molecule has 15 heavy (non-hydrogen) atoms. The highest BCUT2D eigenvalue weighted by molar-refractivity contribution is 9.10. The second-order valence-corrected chi connectivity index (χ2v) is 4.34. The quantitative estimate of drug-likeness (QED) is 0.885. The molecular formula is C11H15BrN2O. The number of likely N-dealkylation sites (N-methyl/N-ethyl adjacent to an activating group) is 1. The molecule has 1 unspecified atom stereocenters. The number of halogens is 1. The van der Waals surface area contributed by atoms with E-state index in [1.54, 1.807) is 7.05 Å². The highest BCUT2D eigenvalue weighted by Gasteiger charge is 2.11. The maximum absolute atomic E-state index is 11.6. The van der Waals surface area contributed by atoms with Gasteiger partial charge in [0, 0.05) is 4.47 Å². The lowest BCUT2D eigenvalue weighted by atomic mass is 10.2. The smallest absolute Gasteiger partial charge is 0.241 e. The lowest BCUT2D eigenvalue weighted by Crippen LogP contribution is -2.35. The lowest BCUT2D eigenvalue weighted by molar-refractivity contribution is -0.117. The fraction of sp³-hybridized carbons (Fsp3) is 0.364. The van der Waals surface area contributed by atoms with Gasteiger partial charge in [0.05, 0.1) is 11.7 Å². The predicted molar refractivity (Wildman–Crippen MR) is 66.0 cm³/mol. The SMILES string of the molecule is CNC(C)C(=O)Nc1ccc(C)cc1Br. The highest BCUT2D eigenvalue weighted by atomic mass is 79.9. The zero-order valence-corrected chi connectivity index (χ0v) is 10.7. The Kier molecular flexibility index (Phi) is 4.29. The minimum absolute atomic E-state index is 0.0398. The molecule has 1 aromatic rings. The summed E-state index contributed by atoms with van der Waals surface area (Å²) < 4.78 is 0.902. The predicted octanol–water partition coefficient (Wildman–Crippen LogP) is 2.30. The molecule has 0 spiro atoms. The molecule has 0 aliphatic heterocycles. The van der Waals surface area contributed by atoms with E-state index in [2.05, 4.69) is 26.6 Å². The number of rotatable bonds is 3. The molecule has 1 aromatic carbocycles. The molecule has 0 saturated carbocycles. The first-order valence-corrected chi connectivity index (χ1v) is 5.58. The Hall–Kier alpha value is -0.870. The Morgan fingerprint density at radius 3 is 2.67 bits per heavy atom. The van der Waals surface area contributed by atoms with E-state index in [9.17, 15) is 4.79 Å². The van der Waals surface area contributed by atoms with Gasteiger partial charge in [-0.1, -0.05) is 6.07 Å². The number of carbonyl (C=O) groups excluding carboxylic acids is 1. The van der Waals surface area contributed by atoms with Crippen LogP contribution in [0.1, 0.15) is 12.5 Å². The van der Waals surface area contributed by atoms with Crippen molar-refractivity contribution >= 4 is 27.5 Å². The van der Waals surface area contributed by atoms with Crippen LogP contribution >= 0.6 is 15.9 Å². The molecule has 0 saturated heterocycles. The van der Waals surface area contributed by atoms with Crippen LogP contribution in [0.3, 0.4) is 0 Å². The monoisotopic (exact) mass is 270 g/mol. The molecule has 3 nitrogen and oxygen atoms in total. The summed E-state index contributed by atoms with van der Waals surface area (Å²) in [6.45, 7) is 3.82. The Bertz CT molecular complexity index is 366. The number of amides is 1. The van der Waals surface area contributed by atoms with E-state index >= 15 is 0 Å². The fourth-order valence-electron chi connectivity index (χ4n) is 1.09. The summed E-state index contributed by atoms with van der Waals surface area (Å²) >= 11 is 3.41. The average molecular weight is 271 g/mol. The summed E-state index contributed by atoms with van der Waals surface area (Å²) in [5, 5.41) is 5.73. The van der Waals surface area contributed by atoms with E-state index in [1.807, 2.05) is 32.0 Å². The summed E-state index contributed by atoms with van der Waals surface area (Å²) in [5.41, 5.74) is 1.95. The Balaban J connectivity index is 2.77. The van der Waals surface area contributed by atoms with Gasteiger partial charge in [-0.05, 0) is 54.5 Å². The third-order valence-corrected chi connectivity index (χ3v) is 2.86. The van der Waals surface area contributed by atoms with Gasteiger partial charge in [-0.3, -0.25) is 4.79 Å². The average Bonchev–Trinajstić information content (AvgIpc) is 2.20. The van der Waals surface area contributed by atoms with Crippen molar-refractivity contribution in [2.75, 3.05) is 12.4 Å². The van der Waals surface area contributed by atoms with Crippen molar-refractivity contribution < 1.29 is 4.79 Å². The van der Waals surface area contributed by atoms with Crippen LogP contribution in [0, 0.1) is 6.92 Å². The zero-order valence-electron chi connectivity index (χ0n) is 9.10. The first-order valence-electron chi connectivity index (χ1n) is 4.79. The molecule has 1 atom stereocenters. The van der Waals surface area contributed by atoms with Gasteiger partial charge in [0.15, 0.2) is 0 Å². The summed E-state index contributed by atoms with van der Waals surface area (Å²) in [6.07, 6.45) is 0. The second-order valence-electron chi connectivity index (χ2n) is 3.48. The van der Waals surface area contributed by atoms with Gasteiger partial charge < -0.3 is 10.6 Å². The van der Waals surface area contributed by atoms with Crippen molar-refractivity contribution in [3.8, 4) is 0 Å². The summed E-state index contributed by atoms with van der Waals surface area (Å²) in [6, 6.07) is 5.63. The maximum Gasteiger partial charge on any atom is 0.241 e. The van der Waals surface area contributed by atoms with Crippen LogP contribution in [0.4, 0.5) is 5.69 Å². The minimum Gasteiger partial charge on any atom is -0.324 e. The van der Waals surface area contributed by atoms with Gasteiger partial charge in [0.2, 0.25) is 5.91 Å². The summed E-state index contributed by atoms with van der Waals surface area (Å²) in [5.74, 6) is -0.0398. The van der Waals surface area contributed by atoms with Crippen LogP contribution in [0.25, 0.3) is 0 Å². The van der Waals surface area contributed by atoms with Crippen LogP contribution in [0.15, 0.2) is 22.7 Å². The van der Waals surface area contributed by atoms with E-state index in [-0.39, 0.29) is 11.9 Å². The molecule has 0 bridgehead atoms. The highest BCUT2D eigenvalue weighted by Crippen LogP contribution is 2.23. The van der Waals surface area contributed by atoms with Gasteiger partial charge in [-0.2, -0.15) is 0 Å². The number of aryl methyl sites for hydroxylation is 1. The van der Waals surface area contributed by atoms with E-state index in [1.165, 1.54) is 0 Å². The molecule has 4 heteroatoms. The molecule has 1 rings (SSSR count). The molecule has 0 radical (unpaired) electrons. The molecule has 0 fully saturated rings. The summed E-state index contributed by atoms with van der Waals surface area (Å²) in [7, 11) is 1.76. The number of nitrogens with one attached hydrogen (secondary N) is 2. The minimum atomic E-state index is -0.196. The fourth-order valence-corrected chi connectivity index (χ4v) is 1.69. The van der Waals surface area contributed by atoms with Crippen LogP contribution in [0.2, 0.25) is 0 Å². The van der Waals surface area contributed by atoms with E-state index in [0.717, 1.165) is 15.7 Å². The normalized spacial score (nSPS) is 12.3. The molecule has 0 aliphatic carbocycles. The number of anilines is 1. The van der Waals surface area contributed by atoms with Gasteiger partial charge in [-0.15, -0.1) is 0 Å². The van der Waals surface area contributed by atoms with Gasteiger partial charge in [0.1, 0.15) is 0 Å². The topological polar surface area (TPSA) is 41.1 Å². The molecule has 1 amide bonds. The van der Waals surface area contributed by atoms with Crippen molar-refractivity contribution in [2.24, 2.45) is 0 Å². The van der Waals surface area contributed by atoms with Crippen LogP contribution in [0.5, 0.6) is 0 Å². The second kappa shape index (κ2) is 5.28. The first kappa shape index (κ1) is 12.2. The third kappa shape index (κ3) is 3.32. The van der Waals surface area contributed by atoms with Crippen molar-refractivity contribution in [1.82, 2.24) is 5.32 Å². The van der Waals surface area contributed by atoms with Crippen molar-refractivity contribution in [1.29, 1.82) is 0 Å². The van der Waals surface area contributed by atoms with Gasteiger partial charge in [0.25, 0.3) is 0 Å². The number of hydrogen-bond donors (Lipinski definition) is 2. The molecule has 2 N–H and O–H groups in total. The first-order chi connectivity index (χ1) is 7.04. The molecule has 82 valence electrons. The Morgan fingerprint density at radius 2 is 2.13 bits per heavy atom. The molecular weight excluding hydrogens is 256 g/mol. The standard InChI is InChI=1S/C11H15BrN2O/c1-7-4-5-10(9(12)6-7)14-11(15)8(2)13-3/h4-6,8,13H,1-3H3,(H,14,15). The van der Waals surface area contributed by atoms with Crippen LogP contribution < -0.4 is 10.6 Å². The van der Waals surface area contributed by atoms with Crippen molar-refractivity contribution in [2.45, 2.75) is 19.9 Å². The zero-order chi connectivity index (χ0) is 11.4. The number of hydrogen-bond acceptors (Lipinski definition) is 2. The Morgan fingerprint density at radius 1 is 1.47 bits per heavy atom. The number of benzene rings is 1. The van der Waals surface area contributed by atoms with E-state index < -0.39 is 0 Å². The molecule has 0 heterocycles. The van der Waals surface area contributed by atoms with Crippen molar-refractivity contribution in [3.05, 3.63) is 28.2 Å². The maximum atomic E-state index is 11.6. The van der Waals surface area contributed by atoms with Gasteiger partial charge in [-0.25, -0.2) is 0 Å². The van der Waals surface area contributed by atoms with Gasteiger partial charge >= 0.3 is 0 Å². The Labute approximate surface area is 98.4 Å². The molecule has 0 aromatic heterocycles. The number of carbonyl (C=O) groups is 1. The summed E-state index contributed by atoms with van der Waals surface area (Å²) in [4.78, 5) is 11.6.